The van der Waals surface area contributed by atoms with Gasteiger partial charge in [-0.15, -0.1) is 0 Å². The summed E-state index contributed by atoms with van der Waals surface area (Å²) in [5.41, 5.74) is 0. The highest BCUT2D eigenvalue weighted by molar-refractivity contribution is 5.79. The molecule has 1 aliphatic rings. The van der Waals surface area contributed by atoms with E-state index in [9.17, 15) is 4.79 Å². The first-order valence-corrected chi connectivity index (χ1v) is 5.02. The first-order chi connectivity index (χ1) is 6.11. The van der Waals surface area contributed by atoms with E-state index in [1.165, 1.54) is 25.3 Å². The minimum atomic E-state index is -0.829. The molecule has 0 spiro atoms. The van der Waals surface area contributed by atoms with Gasteiger partial charge in [0.05, 0.1) is 0 Å². The molecule has 74 valence electrons. The van der Waals surface area contributed by atoms with Gasteiger partial charge in [-0.05, 0) is 17.8 Å². The van der Waals surface area contributed by atoms with Crippen molar-refractivity contribution in [2.75, 3.05) is 0 Å². The Hall–Kier alpha value is -0.790. The maximum absolute atomic E-state index is 10.4. The zero-order valence-corrected chi connectivity index (χ0v) is 8.36. The van der Waals surface area contributed by atoms with Crippen molar-refractivity contribution in [3.8, 4) is 0 Å². The lowest BCUT2D eigenvalue weighted by atomic mass is 9.73. The number of carbonyl (C=O) groups is 1. The summed E-state index contributed by atoms with van der Waals surface area (Å²) in [6, 6.07) is 0. The fraction of sp³-hybridized carbons (Fsp3) is 0.727. The van der Waals surface area contributed by atoms with Crippen molar-refractivity contribution >= 4 is 5.97 Å². The normalized spacial score (nSPS) is 35.1. The second-order valence-corrected chi connectivity index (χ2v) is 4.16. The second-order valence-electron chi connectivity index (χ2n) is 4.16. The molecular weight excluding hydrogens is 164 g/mol. The molecule has 1 saturated carbocycles. The van der Waals surface area contributed by atoms with E-state index in [1.807, 2.05) is 6.08 Å². The first kappa shape index (κ1) is 10.3. The molecule has 0 bridgehead atoms. The molecule has 0 aromatic heterocycles. The molecule has 0 aromatic rings. The first-order valence-electron chi connectivity index (χ1n) is 5.02. The van der Waals surface area contributed by atoms with Crippen molar-refractivity contribution in [1.82, 2.24) is 0 Å². The maximum atomic E-state index is 10.4. The van der Waals surface area contributed by atoms with Gasteiger partial charge in [-0.2, -0.15) is 0 Å². The van der Waals surface area contributed by atoms with Gasteiger partial charge >= 0.3 is 5.97 Å². The van der Waals surface area contributed by atoms with Gasteiger partial charge in [-0.25, -0.2) is 4.79 Å². The standard InChI is InChI=1S/C11H18O2/c1-8-4-3-5-9(2)10(8)6-7-11(12)13/h6-10H,3-5H2,1-2H3,(H,12,13). The van der Waals surface area contributed by atoms with E-state index >= 15 is 0 Å². The summed E-state index contributed by atoms with van der Waals surface area (Å²) in [5, 5.41) is 8.53. The van der Waals surface area contributed by atoms with E-state index in [0.29, 0.717) is 17.8 Å². The van der Waals surface area contributed by atoms with Gasteiger partial charge in [0, 0.05) is 6.08 Å². The summed E-state index contributed by atoms with van der Waals surface area (Å²) in [6.45, 7) is 4.43. The van der Waals surface area contributed by atoms with Gasteiger partial charge in [0.1, 0.15) is 0 Å². The molecule has 0 amide bonds. The van der Waals surface area contributed by atoms with Crippen LogP contribution in [0.15, 0.2) is 12.2 Å². The topological polar surface area (TPSA) is 37.3 Å². The molecule has 2 unspecified atom stereocenters. The highest BCUT2D eigenvalue weighted by Gasteiger charge is 2.25. The van der Waals surface area contributed by atoms with Crippen LogP contribution in [0, 0.1) is 17.8 Å². The Bertz CT molecular complexity index is 198. The van der Waals surface area contributed by atoms with E-state index in [4.69, 9.17) is 5.11 Å². The van der Waals surface area contributed by atoms with Crippen molar-refractivity contribution < 1.29 is 9.90 Å². The smallest absolute Gasteiger partial charge is 0.327 e. The molecule has 0 aliphatic heterocycles. The van der Waals surface area contributed by atoms with Gasteiger partial charge < -0.3 is 5.11 Å². The van der Waals surface area contributed by atoms with Crippen molar-refractivity contribution in [2.24, 2.45) is 17.8 Å². The summed E-state index contributed by atoms with van der Waals surface area (Å²) in [5.74, 6) is 0.911. The third-order valence-corrected chi connectivity index (χ3v) is 3.09. The summed E-state index contributed by atoms with van der Waals surface area (Å²) >= 11 is 0. The summed E-state index contributed by atoms with van der Waals surface area (Å²) in [7, 11) is 0. The summed E-state index contributed by atoms with van der Waals surface area (Å²) < 4.78 is 0. The number of carboxylic acids is 1. The highest BCUT2D eigenvalue weighted by atomic mass is 16.4. The molecule has 0 radical (unpaired) electrons. The van der Waals surface area contributed by atoms with Gasteiger partial charge in [-0.3, -0.25) is 0 Å². The van der Waals surface area contributed by atoms with Gasteiger partial charge in [0.2, 0.25) is 0 Å². The van der Waals surface area contributed by atoms with Crippen molar-refractivity contribution in [2.45, 2.75) is 33.1 Å². The van der Waals surface area contributed by atoms with Crippen molar-refractivity contribution in [1.29, 1.82) is 0 Å². The molecule has 0 aromatic carbocycles. The van der Waals surface area contributed by atoms with Gasteiger partial charge in [-0.1, -0.05) is 39.2 Å². The number of hydrogen-bond donors (Lipinski definition) is 1. The van der Waals surface area contributed by atoms with Crippen LogP contribution in [0.5, 0.6) is 0 Å². The minimum absolute atomic E-state index is 0.463. The number of carboxylic acid groups (broad SMARTS) is 1. The van der Waals surface area contributed by atoms with Crippen LogP contribution in [0.4, 0.5) is 0 Å². The zero-order chi connectivity index (χ0) is 9.84. The minimum Gasteiger partial charge on any atom is -0.478 e. The van der Waals surface area contributed by atoms with Crippen LogP contribution in [0.1, 0.15) is 33.1 Å². The Kier molecular flexibility index (Phi) is 3.52. The highest BCUT2D eigenvalue weighted by Crippen LogP contribution is 2.35. The summed E-state index contributed by atoms with van der Waals surface area (Å²) in [4.78, 5) is 10.4. The van der Waals surface area contributed by atoms with Crippen LogP contribution in [-0.4, -0.2) is 11.1 Å². The fourth-order valence-corrected chi connectivity index (χ4v) is 2.28. The van der Waals surface area contributed by atoms with Crippen LogP contribution in [0.25, 0.3) is 0 Å². The van der Waals surface area contributed by atoms with Crippen molar-refractivity contribution in [3.63, 3.8) is 0 Å². The molecule has 1 N–H and O–H groups in total. The van der Waals surface area contributed by atoms with E-state index in [2.05, 4.69) is 13.8 Å². The number of rotatable bonds is 2. The van der Waals surface area contributed by atoms with Crippen LogP contribution in [0.2, 0.25) is 0 Å². The molecule has 1 fully saturated rings. The van der Waals surface area contributed by atoms with E-state index in [-0.39, 0.29) is 0 Å². The SMILES string of the molecule is CC1CCCC(C)C1C=CC(=O)O. The van der Waals surface area contributed by atoms with Crippen LogP contribution >= 0.6 is 0 Å². The van der Waals surface area contributed by atoms with Crippen LogP contribution < -0.4 is 0 Å². The van der Waals surface area contributed by atoms with Crippen LogP contribution in [-0.2, 0) is 4.79 Å². The molecular formula is C11H18O2. The Balaban J connectivity index is 2.58. The number of allylic oxidation sites excluding steroid dienone is 1. The lowest BCUT2D eigenvalue weighted by Crippen LogP contribution is -2.22. The molecule has 2 heteroatoms. The monoisotopic (exact) mass is 182 g/mol. The Morgan fingerprint density at radius 3 is 2.31 bits per heavy atom. The van der Waals surface area contributed by atoms with E-state index in [0.717, 1.165) is 0 Å². The molecule has 13 heavy (non-hydrogen) atoms. The molecule has 2 nitrogen and oxygen atoms in total. The second kappa shape index (κ2) is 4.45. The maximum Gasteiger partial charge on any atom is 0.327 e. The number of hydrogen-bond acceptors (Lipinski definition) is 1. The average Bonchev–Trinajstić information content (AvgIpc) is 2.03. The third-order valence-electron chi connectivity index (χ3n) is 3.09. The summed E-state index contributed by atoms with van der Waals surface area (Å²) in [6.07, 6.45) is 6.93. The van der Waals surface area contributed by atoms with Crippen molar-refractivity contribution in [3.05, 3.63) is 12.2 Å². The fourth-order valence-electron chi connectivity index (χ4n) is 2.28. The number of aliphatic carboxylic acids is 1. The lowest BCUT2D eigenvalue weighted by Gasteiger charge is -2.32. The largest absolute Gasteiger partial charge is 0.478 e. The third kappa shape index (κ3) is 2.87. The Labute approximate surface area is 79.6 Å². The predicted molar refractivity (Wildman–Crippen MR) is 52.4 cm³/mol. The van der Waals surface area contributed by atoms with E-state index < -0.39 is 5.97 Å². The average molecular weight is 182 g/mol. The predicted octanol–water partition coefficient (Wildman–Crippen LogP) is 2.70. The van der Waals surface area contributed by atoms with Crippen LogP contribution in [0.3, 0.4) is 0 Å². The zero-order valence-electron chi connectivity index (χ0n) is 8.36. The van der Waals surface area contributed by atoms with Gasteiger partial charge in [0.25, 0.3) is 0 Å². The molecule has 2 atom stereocenters. The Morgan fingerprint density at radius 1 is 1.31 bits per heavy atom. The molecule has 1 aliphatic carbocycles. The Morgan fingerprint density at radius 2 is 1.85 bits per heavy atom. The van der Waals surface area contributed by atoms with E-state index in [1.54, 1.807) is 0 Å². The molecule has 0 heterocycles. The quantitative estimate of drug-likeness (QED) is 0.667. The van der Waals surface area contributed by atoms with Gasteiger partial charge in [0.15, 0.2) is 0 Å². The molecule has 0 saturated heterocycles. The molecule has 1 rings (SSSR count). The lowest BCUT2D eigenvalue weighted by molar-refractivity contribution is -0.131.